The summed E-state index contributed by atoms with van der Waals surface area (Å²) in [5.74, 6) is -3.68. The fraction of sp³-hybridized carbons (Fsp3) is 0.318. The Hall–Kier alpha value is -3.39. The van der Waals surface area contributed by atoms with Crippen LogP contribution in [0.15, 0.2) is 29.5 Å². The van der Waals surface area contributed by atoms with Crippen molar-refractivity contribution < 1.29 is 30.0 Å². The van der Waals surface area contributed by atoms with Gasteiger partial charge in [0.2, 0.25) is 5.78 Å². The van der Waals surface area contributed by atoms with Gasteiger partial charge in [-0.05, 0) is 53.8 Å². The van der Waals surface area contributed by atoms with E-state index in [1.165, 1.54) is 6.07 Å². The van der Waals surface area contributed by atoms with Crippen molar-refractivity contribution in [2.75, 3.05) is 0 Å². The minimum absolute atomic E-state index is 0.0965. The highest BCUT2D eigenvalue weighted by atomic mass is 16.3. The summed E-state index contributed by atoms with van der Waals surface area (Å²) >= 11 is 0. The molecule has 7 N–H and O–H groups in total. The van der Waals surface area contributed by atoms with Gasteiger partial charge in [0.1, 0.15) is 22.8 Å². The largest absolute Gasteiger partial charge is 0.511 e. The number of fused-ring (bicyclic) bond motifs is 3. The number of aliphatic hydroxyl groups is 2. The molecule has 1 fully saturated rings. The van der Waals surface area contributed by atoms with E-state index < -0.39 is 46.0 Å². The standard InChI is InChI=1S/C22H20N2O6/c23-19-17(21(24)29)14(26)7-10-5-9-6-12-11(8-1-2-8)3-4-13(25)16(12)18(27)15(9)20(28)22(10,19)30/h3-4,6,8,10,23,25-27,30H,1-2,5,7H2,(H2,24,29)/t10-,22+/m0/s1. The molecule has 1 saturated carbocycles. The molecule has 2 atom stereocenters. The summed E-state index contributed by atoms with van der Waals surface area (Å²) < 4.78 is 0. The Bertz CT molecular complexity index is 1230. The normalized spacial score (nSPS) is 26.0. The average molecular weight is 408 g/mol. The molecule has 0 radical (unpaired) electrons. The van der Waals surface area contributed by atoms with E-state index in [0.717, 1.165) is 18.4 Å². The SMILES string of the molecule is N=C1C(C(N)=O)=C(O)C[C@@H]2Cc3cc4c(C5CC5)ccc(O)c4c(O)c3C(=O)[C@]12O. The van der Waals surface area contributed by atoms with E-state index in [-0.39, 0.29) is 29.5 Å². The van der Waals surface area contributed by atoms with Crippen LogP contribution < -0.4 is 5.73 Å². The lowest BCUT2D eigenvalue weighted by atomic mass is 9.63. The highest BCUT2D eigenvalue weighted by Crippen LogP contribution is 2.51. The van der Waals surface area contributed by atoms with E-state index in [9.17, 15) is 30.0 Å². The first-order valence-corrected chi connectivity index (χ1v) is 9.75. The fourth-order valence-corrected chi connectivity index (χ4v) is 4.98. The van der Waals surface area contributed by atoms with Crippen molar-refractivity contribution in [3.63, 3.8) is 0 Å². The number of Topliss-reactive ketones (excluding diaryl/α,β-unsaturated/α-hetero) is 1. The van der Waals surface area contributed by atoms with Crippen molar-refractivity contribution in [1.29, 1.82) is 5.41 Å². The molecular weight excluding hydrogens is 388 g/mol. The fourth-order valence-electron chi connectivity index (χ4n) is 4.98. The summed E-state index contributed by atoms with van der Waals surface area (Å²) in [5, 5.41) is 51.8. The van der Waals surface area contributed by atoms with Gasteiger partial charge >= 0.3 is 0 Å². The molecule has 0 heterocycles. The van der Waals surface area contributed by atoms with Gasteiger partial charge in [0, 0.05) is 12.3 Å². The Morgan fingerprint density at radius 2 is 1.87 bits per heavy atom. The lowest BCUT2D eigenvalue weighted by Crippen LogP contribution is -2.59. The van der Waals surface area contributed by atoms with Gasteiger partial charge in [-0.2, -0.15) is 0 Å². The van der Waals surface area contributed by atoms with E-state index in [4.69, 9.17) is 11.1 Å². The summed E-state index contributed by atoms with van der Waals surface area (Å²) in [6.07, 6.45) is 1.91. The first-order valence-electron chi connectivity index (χ1n) is 9.75. The number of phenols is 2. The predicted molar refractivity (Wildman–Crippen MR) is 107 cm³/mol. The van der Waals surface area contributed by atoms with Gasteiger partial charge in [0.05, 0.1) is 16.7 Å². The van der Waals surface area contributed by atoms with Gasteiger partial charge in [0.25, 0.3) is 5.91 Å². The van der Waals surface area contributed by atoms with Gasteiger partial charge in [-0.3, -0.25) is 9.59 Å². The number of carbonyl (C=O) groups excluding carboxylic acids is 2. The zero-order valence-corrected chi connectivity index (χ0v) is 15.9. The number of phenolic OH excluding ortho intramolecular Hbond substituents is 2. The third-order valence-corrected chi connectivity index (χ3v) is 6.62. The molecule has 0 spiro atoms. The van der Waals surface area contributed by atoms with Gasteiger partial charge in [0.15, 0.2) is 5.60 Å². The molecule has 0 aliphatic heterocycles. The molecular formula is C22H20N2O6. The predicted octanol–water partition coefficient (Wildman–Crippen LogP) is 1.94. The summed E-state index contributed by atoms with van der Waals surface area (Å²) in [4.78, 5) is 25.1. The van der Waals surface area contributed by atoms with Gasteiger partial charge in [-0.1, -0.05) is 6.07 Å². The molecule has 0 saturated heterocycles. The molecule has 2 aromatic rings. The maximum Gasteiger partial charge on any atom is 0.254 e. The van der Waals surface area contributed by atoms with Crippen LogP contribution in [0.5, 0.6) is 11.5 Å². The Labute approximate surface area is 170 Å². The van der Waals surface area contributed by atoms with E-state index in [2.05, 4.69) is 0 Å². The first kappa shape index (κ1) is 18.6. The number of amides is 1. The van der Waals surface area contributed by atoms with Gasteiger partial charge in [-0.25, -0.2) is 0 Å². The van der Waals surface area contributed by atoms with E-state index in [0.29, 0.717) is 16.9 Å². The third kappa shape index (κ3) is 2.22. The number of aromatic hydroxyl groups is 2. The third-order valence-electron chi connectivity index (χ3n) is 6.62. The van der Waals surface area contributed by atoms with Gasteiger partial charge in [-0.15, -0.1) is 0 Å². The topological polar surface area (TPSA) is 165 Å². The van der Waals surface area contributed by atoms with Gasteiger partial charge < -0.3 is 31.6 Å². The molecule has 0 aromatic heterocycles. The lowest BCUT2D eigenvalue weighted by Gasteiger charge is -2.43. The van der Waals surface area contributed by atoms with Crippen molar-refractivity contribution in [1.82, 2.24) is 0 Å². The number of ketones is 1. The minimum atomic E-state index is -2.40. The highest BCUT2D eigenvalue weighted by Gasteiger charge is 2.57. The van der Waals surface area contributed by atoms with Crippen molar-refractivity contribution in [2.24, 2.45) is 11.7 Å². The molecule has 154 valence electrons. The number of hydrogen-bond donors (Lipinski definition) is 6. The highest BCUT2D eigenvalue weighted by molar-refractivity contribution is 6.34. The van der Waals surface area contributed by atoms with Crippen molar-refractivity contribution in [3.05, 3.63) is 46.2 Å². The number of hydrogen-bond acceptors (Lipinski definition) is 7. The van der Waals surface area contributed by atoms with Crippen LogP contribution in [0, 0.1) is 11.3 Å². The molecule has 5 rings (SSSR count). The summed E-state index contributed by atoms with van der Waals surface area (Å²) in [6, 6.07) is 5.02. The van der Waals surface area contributed by atoms with Crippen LogP contribution in [0.4, 0.5) is 0 Å². The maximum absolute atomic E-state index is 13.4. The zero-order valence-electron chi connectivity index (χ0n) is 15.9. The van der Waals surface area contributed by atoms with Crippen LogP contribution in [0.2, 0.25) is 0 Å². The molecule has 30 heavy (non-hydrogen) atoms. The Morgan fingerprint density at radius 1 is 1.17 bits per heavy atom. The van der Waals surface area contributed by atoms with Crippen LogP contribution in [-0.2, 0) is 11.2 Å². The number of rotatable bonds is 2. The van der Waals surface area contributed by atoms with Crippen LogP contribution in [-0.4, -0.2) is 43.4 Å². The summed E-state index contributed by atoms with van der Waals surface area (Å²) in [7, 11) is 0. The van der Waals surface area contributed by atoms with Crippen molar-refractivity contribution in [3.8, 4) is 11.5 Å². The molecule has 2 aromatic carbocycles. The smallest absolute Gasteiger partial charge is 0.254 e. The Kier molecular flexibility index (Phi) is 3.62. The lowest BCUT2D eigenvalue weighted by molar-refractivity contribution is -0.114. The van der Waals surface area contributed by atoms with Crippen LogP contribution in [0.25, 0.3) is 10.8 Å². The Balaban J connectivity index is 1.76. The number of aliphatic hydroxyl groups excluding tert-OH is 1. The second kappa shape index (κ2) is 5.82. The monoisotopic (exact) mass is 408 g/mol. The minimum Gasteiger partial charge on any atom is -0.511 e. The molecule has 8 nitrogen and oxygen atoms in total. The van der Waals surface area contributed by atoms with E-state index in [1.807, 2.05) is 6.07 Å². The number of nitrogens with one attached hydrogen (secondary N) is 1. The van der Waals surface area contributed by atoms with Crippen molar-refractivity contribution >= 4 is 28.2 Å². The molecule has 1 amide bonds. The average Bonchev–Trinajstić information content (AvgIpc) is 3.49. The molecule has 3 aliphatic carbocycles. The number of carbonyl (C=O) groups is 2. The maximum atomic E-state index is 13.4. The van der Waals surface area contributed by atoms with Crippen molar-refractivity contribution in [2.45, 2.75) is 37.2 Å². The molecule has 0 unspecified atom stereocenters. The second-order valence-electron chi connectivity index (χ2n) is 8.39. The molecule has 3 aliphatic rings. The molecule has 0 bridgehead atoms. The number of benzene rings is 2. The summed E-state index contributed by atoms with van der Waals surface area (Å²) in [5.41, 5.74) is 2.75. The van der Waals surface area contributed by atoms with Crippen LogP contribution in [0.3, 0.4) is 0 Å². The second-order valence-corrected chi connectivity index (χ2v) is 8.39. The number of primary amides is 1. The molecule has 8 heteroatoms. The van der Waals surface area contributed by atoms with E-state index >= 15 is 0 Å². The Morgan fingerprint density at radius 3 is 2.50 bits per heavy atom. The first-order chi connectivity index (χ1) is 14.2. The van der Waals surface area contributed by atoms with Crippen LogP contribution >= 0.6 is 0 Å². The number of allylic oxidation sites excluding steroid dienone is 1. The summed E-state index contributed by atoms with van der Waals surface area (Å²) in [6.45, 7) is 0. The number of nitrogens with two attached hydrogens (primary N) is 1. The van der Waals surface area contributed by atoms with Crippen LogP contribution in [0.1, 0.15) is 46.7 Å². The quantitative estimate of drug-likeness (QED) is 0.444. The zero-order chi connectivity index (χ0) is 21.5. The van der Waals surface area contributed by atoms with E-state index in [1.54, 1.807) is 6.07 Å².